The van der Waals surface area contributed by atoms with Crippen molar-refractivity contribution in [2.45, 2.75) is 27.7 Å². The van der Waals surface area contributed by atoms with Crippen LogP contribution in [0.2, 0.25) is 0 Å². The van der Waals surface area contributed by atoms with Crippen LogP contribution in [0.25, 0.3) is 0 Å². The predicted octanol–water partition coefficient (Wildman–Crippen LogP) is 13.2. The summed E-state index contributed by atoms with van der Waals surface area (Å²) in [6.07, 6.45) is 0. The van der Waals surface area contributed by atoms with Gasteiger partial charge in [0.05, 0.1) is 0 Å². The van der Waals surface area contributed by atoms with Crippen LogP contribution in [0.1, 0.15) is 66.8 Å². The van der Waals surface area contributed by atoms with Gasteiger partial charge in [0, 0.05) is 44.5 Å². The van der Waals surface area contributed by atoms with Gasteiger partial charge >= 0.3 is 0 Å². The molecule has 0 unspecified atom stereocenters. The molecule has 5 aliphatic heterocycles. The fourth-order valence-corrected chi connectivity index (χ4v) is 9.09. The summed E-state index contributed by atoms with van der Waals surface area (Å²) in [5, 5.41) is 0. The summed E-state index contributed by atoms with van der Waals surface area (Å²) in [4.78, 5) is 41.5. The van der Waals surface area contributed by atoms with Gasteiger partial charge in [0.2, 0.25) is 0 Å². The molecule has 0 radical (unpaired) electrons. The van der Waals surface area contributed by atoms with Crippen LogP contribution in [0.4, 0.5) is 0 Å². The molecule has 12 nitrogen and oxygen atoms in total. The van der Waals surface area contributed by atoms with Crippen molar-refractivity contribution in [2.75, 3.05) is 0 Å². The Kier molecular flexibility index (Phi) is 10.1. The van der Waals surface area contributed by atoms with Gasteiger partial charge in [0.15, 0.2) is 46.7 Å². The van der Waals surface area contributed by atoms with Crippen LogP contribution in [0.3, 0.4) is 0 Å². The Balaban J connectivity index is 1.00. The molecular weight excluding hydrogens is 897 g/mol. The van der Waals surface area contributed by atoms with Crippen LogP contribution in [-0.2, 0) is 0 Å². The van der Waals surface area contributed by atoms with Crippen molar-refractivity contribution in [3.63, 3.8) is 0 Å². The summed E-state index contributed by atoms with van der Waals surface area (Å²) < 4.78 is 25.7. The van der Waals surface area contributed by atoms with Gasteiger partial charge in [-0.1, -0.05) is 48.5 Å². The van der Waals surface area contributed by atoms with Gasteiger partial charge in [-0.25, -0.2) is 39.9 Å². The number of hydrogen-bond acceptors (Lipinski definition) is 12. The van der Waals surface area contributed by atoms with E-state index in [0.29, 0.717) is 115 Å². The molecule has 0 spiro atoms. The molecule has 13 rings (SSSR count). The molecule has 72 heavy (non-hydrogen) atoms. The van der Waals surface area contributed by atoms with Crippen molar-refractivity contribution in [1.29, 1.82) is 0 Å². The molecule has 12 heteroatoms. The van der Waals surface area contributed by atoms with Crippen molar-refractivity contribution in [3.05, 3.63) is 237 Å². The van der Waals surface area contributed by atoms with Gasteiger partial charge < -0.3 is 18.9 Å². The van der Waals surface area contributed by atoms with E-state index in [9.17, 15) is 0 Å². The highest BCUT2D eigenvalue weighted by atomic mass is 16.5. The number of fused-ring (bicyclic) bond motifs is 16. The second-order valence-electron chi connectivity index (χ2n) is 18.0. The van der Waals surface area contributed by atoms with Crippen LogP contribution in [-0.4, -0.2) is 46.7 Å². The SMILES string of the molecule is Cc1cccc(Oc2ccc3c(c2)C2=NC3=NC3=NC(=NC4=NC(=NC5=NC(=N2)c2ccc(Oc6cccc(C)c6)cc25)c2ccc(Oc5cccc(C)c5)cc24)c2ccc(Oc4cccc(C)c4)cc23)c1. The molecule has 0 amide bonds. The van der Waals surface area contributed by atoms with E-state index in [1.807, 2.05) is 198 Å². The number of aryl methyl sites for hydroxylation is 4. The Morgan fingerprint density at radius 1 is 0.208 bits per heavy atom. The fourth-order valence-electron chi connectivity index (χ4n) is 9.09. The lowest BCUT2D eigenvalue weighted by Crippen LogP contribution is -2.03. The van der Waals surface area contributed by atoms with E-state index < -0.39 is 0 Å². The summed E-state index contributed by atoms with van der Waals surface area (Å²) in [5.41, 5.74) is 10.1. The standard InChI is InChI=1S/C60H40N8O4/c1-33-9-5-13-37(25-33)69-41-17-21-45-49(29-41)57-61-53(45)66-58-51-31-43(71-39-15-7-11-35(3)27-39)19-23-47(51)55(63-58)68-60-52-32-44(72-40-16-8-12-36(4)28-40)20-24-48(52)56(64-60)67-59-50-30-42(18-22-46(50)54(62-59)65-57)70-38-14-6-10-34(2)26-38/h5-32H,1-4H3. The maximum Gasteiger partial charge on any atom is 0.164 e. The molecule has 0 saturated heterocycles. The van der Waals surface area contributed by atoms with E-state index >= 15 is 0 Å². The zero-order valence-electron chi connectivity index (χ0n) is 39.4. The second kappa shape index (κ2) is 17.1. The number of benzene rings is 8. The summed E-state index contributed by atoms with van der Waals surface area (Å²) in [7, 11) is 0. The van der Waals surface area contributed by atoms with Crippen LogP contribution >= 0.6 is 0 Å². The smallest absolute Gasteiger partial charge is 0.164 e. The Labute approximate surface area is 414 Å². The topological polar surface area (TPSA) is 136 Å². The summed E-state index contributed by atoms with van der Waals surface area (Å²) >= 11 is 0. The molecule has 0 aliphatic carbocycles. The number of ether oxygens (including phenoxy) is 4. The Bertz CT molecular complexity index is 3420. The molecule has 344 valence electrons. The second-order valence-corrected chi connectivity index (χ2v) is 18.0. The molecule has 5 aliphatic rings. The Morgan fingerprint density at radius 2 is 0.403 bits per heavy atom. The van der Waals surface area contributed by atoms with E-state index in [2.05, 4.69) is 0 Å². The zero-order chi connectivity index (χ0) is 48.5. The predicted molar refractivity (Wildman–Crippen MR) is 283 cm³/mol. The number of rotatable bonds is 8. The molecule has 8 bridgehead atoms. The maximum atomic E-state index is 6.42. The molecule has 8 aromatic rings. The van der Waals surface area contributed by atoms with Gasteiger partial charge in [-0.15, -0.1) is 0 Å². The van der Waals surface area contributed by atoms with E-state index in [-0.39, 0.29) is 0 Å². The molecule has 0 fully saturated rings. The van der Waals surface area contributed by atoms with Gasteiger partial charge in [-0.05, 0) is 171 Å². The van der Waals surface area contributed by atoms with Crippen molar-refractivity contribution >= 4 is 46.7 Å². The highest BCUT2D eigenvalue weighted by Gasteiger charge is 2.32. The monoisotopic (exact) mass is 936 g/mol. The van der Waals surface area contributed by atoms with E-state index in [0.717, 1.165) is 44.5 Å². The first kappa shape index (κ1) is 42.4. The molecular formula is C60H40N8O4. The Morgan fingerprint density at radius 3 is 0.611 bits per heavy atom. The van der Waals surface area contributed by atoms with Crippen molar-refractivity contribution in [3.8, 4) is 46.0 Å². The fraction of sp³-hybridized carbons (Fsp3) is 0.0667. The van der Waals surface area contributed by atoms with Gasteiger partial charge in [0.1, 0.15) is 46.0 Å². The zero-order valence-corrected chi connectivity index (χ0v) is 39.4. The van der Waals surface area contributed by atoms with Crippen molar-refractivity contribution in [1.82, 2.24) is 0 Å². The van der Waals surface area contributed by atoms with Crippen LogP contribution in [0.5, 0.6) is 46.0 Å². The highest BCUT2D eigenvalue weighted by molar-refractivity contribution is 6.35. The summed E-state index contributed by atoms with van der Waals surface area (Å²) in [5.74, 6) is 8.44. The highest BCUT2D eigenvalue weighted by Crippen LogP contribution is 2.37. The van der Waals surface area contributed by atoms with Crippen LogP contribution in [0.15, 0.2) is 210 Å². The van der Waals surface area contributed by atoms with Crippen LogP contribution in [0, 0.1) is 27.7 Å². The summed E-state index contributed by atoms with van der Waals surface area (Å²) in [6.45, 7) is 8.13. The average molecular weight is 937 g/mol. The van der Waals surface area contributed by atoms with E-state index in [1.165, 1.54) is 0 Å². The maximum absolute atomic E-state index is 6.42. The third-order valence-electron chi connectivity index (χ3n) is 12.5. The first-order valence-electron chi connectivity index (χ1n) is 23.4. The molecule has 0 saturated carbocycles. The lowest BCUT2D eigenvalue weighted by atomic mass is 10.1. The first-order chi connectivity index (χ1) is 35.2. The number of amidine groups is 8. The van der Waals surface area contributed by atoms with Gasteiger partial charge in [-0.2, -0.15) is 0 Å². The normalized spacial score (nSPS) is 14.5. The average Bonchev–Trinajstić information content (AvgIpc) is 4.09. The minimum atomic E-state index is 0.390. The van der Waals surface area contributed by atoms with E-state index in [1.54, 1.807) is 0 Å². The summed E-state index contributed by atoms with van der Waals surface area (Å²) in [6, 6.07) is 54.9. The van der Waals surface area contributed by atoms with Gasteiger partial charge in [-0.3, -0.25) is 0 Å². The first-order valence-corrected chi connectivity index (χ1v) is 23.4. The van der Waals surface area contributed by atoms with E-state index in [4.69, 9.17) is 58.9 Å². The third kappa shape index (κ3) is 8.06. The van der Waals surface area contributed by atoms with Gasteiger partial charge in [0.25, 0.3) is 0 Å². The largest absolute Gasteiger partial charge is 0.457 e. The number of aliphatic imine (C=N–C) groups is 8. The quantitative estimate of drug-likeness (QED) is 0.150. The third-order valence-corrected chi connectivity index (χ3v) is 12.5. The molecule has 0 N–H and O–H groups in total. The molecule has 5 heterocycles. The van der Waals surface area contributed by atoms with Crippen molar-refractivity contribution < 1.29 is 18.9 Å². The lowest BCUT2D eigenvalue weighted by Gasteiger charge is -2.10. The molecule has 8 aromatic carbocycles. The lowest BCUT2D eigenvalue weighted by molar-refractivity contribution is 0.482. The molecule has 0 aromatic heterocycles. The minimum Gasteiger partial charge on any atom is -0.457 e. The Hall–Kier alpha value is -9.68. The molecule has 0 atom stereocenters. The number of hydrogen-bond donors (Lipinski definition) is 0. The number of nitrogens with zero attached hydrogens (tertiary/aromatic N) is 8. The van der Waals surface area contributed by atoms with Crippen molar-refractivity contribution in [2.24, 2.45) is 39.9 Å². The van der Waals surface area contributed by atoms with Crippen LogP contribution < -0.4 is 18.9 Å². The minimum absolute atomic E-state index is 0.390.